The zero-order valence-electron chi connectivity index (χ0n) is 20.2. The Morgan fingerprint density at radius 2 is 1.70 bits per heavy atom. The highest BCUT2D eigenvalue weighted by Crippen LogP contribution is 2.51. The van der Waals surface area contributed by atoms with Gasteiger partial charge >= 0.3 is 6.09 Å². The molecule has 0 aliphatic heterocycles. The number of ether oxygens (including phenoxy) is 1. The highest BCUT2D eigenvalue weighted by Gasteiger charge is 2.50. The summed E-state index contributed by atoms with van der Waals surface area (Å²) in [5.74, 6) is -4.36. The second-order valence-electron chi connectivity index (χ2n) is 9.59. The number of ketones is 3. The van der Waals surface area contributed by atoms with Gasteiger partial charge in [-0.3, -0.25) is 14.4 Å². The maximum absolute atomic E-state index is 13.6. The highest BCUT2D eigenvalue weighted by atomic mass is 16.5. The lowest BCUT2D eigenvalue weighted by atomic mass is 9.61. The molecule has 3 aliphatic rings. The molecule has 3 atom stereocenters. The van der Waals surface area contributed by atoms with Crippen LogP contribution in [-0.2, 0) is 20.8 Å². The molecular formula is C28H25NO8. The summed E-state index contributed by atoms with van der Waals surface area (Å²) in [7, 11) is 1.45. The predicted octanol–water partition coefficient (Wildman–Crippen LogP) is 3.80. The summed E-state index contributed by atoms with van der Waals surface area (Å²) in [6, 6.07) is 9.88. The third-order valence-electron chi connectivity index (χ3n) is 7.46. The summed E-state index contributed by atoms with van der Waals surface area (Å²) in [5.41, 5.74) is 2.00. The van der Waals surface area contributed by atoms with Crippen LogP contribution in [0.4, 0.5) is 4.79 Å². The van der Waals surface area contributed by atoms with E-state index in [0.717, 1.165) is 11.1 Å². The fourth-order valence-corrected chi connectivity index (χ4v) is 5.89. The van der Waals surface area contributed by atoms with Gasteiger partial charge in [0.1, 0.15) is 23.0 Å². The van der Waals surface area contributed by atoms with E-state index in [1.165, 1.54) is 20.0 Å². The topological polar surface area (TPSA) is 150 Å². The number of aliphatic hydroxyl groups is 2. The Morgan fingerprint density at radius 1 is 1.00 bits per heavy atom. The van der Waals surface area contributed by atoms with Gasteiger partial charge in [0.25, 0.3) is 0 Å². The first-order valence-electron chi connectivity index (χ1n) is 11.9. The van der Waals surface area contributed by atoms with Crippen LogP contribution >= 0.6 is 0 Å². The molecule has 9 heteroatoms. The van der Waals surface area contributed by atoms with Crippen molar-refractivity contribution in [2.75, 3.05) is 7.05 Å². The van der Waals surface area contributed by atoms with E-state index in [2.05, 4.69) is 5.32 Å². The van der Waals surface area contributed by atoms with E-state index in [4.69, 9.17) is 4.74 Å². The molecule has 1 saturated carbocycles. The Morgan fingerprint density at radius 3 is 2.35 bits per heavy atom. The normalized spacial score (nSPS) is 22.7. The van der Waals surface area contributed by atoms with Crippen molar-refractivity contribution >= 4 is 29.2 Å². The predicted molar refractivity (Wildman–Crippen MR) is 132 cm³/mol. The van der Waals surface area contributed by atoms with E-state index in [0.29, 0.717) is 24.2 Å². The number of benzene rings is 2. The van der Waals surface area contributed by atoms with Crippen LogP contribution in [0.1, 0.15) is 30.9 Å². The molecule has 0 aromatic heterocycles. The molecule has 2 aromatic carbocycles. The van der Waals surface area contributed by atoms with Gasteiger partial charge in [0.05, 0.1) is 17.1 Å². The van der Waals surface area contributed by atoms with E-state index in [-0.39, 0.29) is 34.6 Å². The lowest BCUT2D eigenvalue weighted by molar-refractivity contribution is -0.127. The molecule has 0 heterocycles. The Bertz CT molecular complexity index is 1430. The average molecular weight is 504 g/mol. The van der Waals surface area contributed by atoms with Crippen LogP contribution in [0.2, 0.25) is 0 Å². The van der Waals surface area contributed by atoms with Crippen LogP contribution in [0, 0.1) is 17.8 Å². The third kappa shape index (κ3) is 3.87. The number of carbonyl (C=O) groups is 4. The van der Waals surface area contributed by atoms with Crippen LogP contribution in [0.3, 0.4) is 0 Å². The molecule has 1 fully saturated rings. The van der Waals surface area contributed by atoms with Crippen molar-refractivity contribution in [3.8, 4) is 22.6 Å². The quantitative estimate of drug-likeness (QED) is 0.462. The largest absolute Gasteiger partial charge is 0.511 e. The molecule has 0 bridgehead atoms. The number of rotatable bonds is 3. The fraction of sp³-hybridized carbons (Fsp3) is 0.286. The van der Waals surface area contributed by atoms with Crippen LogP contribution in [-0.4, -0.2) is 45.8 Å². The molecule has 190 valence electrons. The maximum atomic E-state index is 13.6. The number of aromatic hydroxyl groups is 1. The van der Waals surface area contributed by atoms with Crippen molar-refractivity contribution in [3.05, 3.63) is 64.4 Å². The summed E-state index contributed by atoms with van der Waals surface area (Å²) in [6.45, 7) is 1.17. The van der Waals surface area contributed by atoms with Crippen LogP contribution in [0.25, 0.3) is 16.9 Å². The van der Waals surface area contributed by atoms with Crippen molar-refractivity contribution in [2.45, 2.75) is 26.2 Å². The van der Waals surface area contributed by atoms with E-state index in [1.54, 1.807) is 30.3 Å². The van der Waals surface area contributed by atoms with Crippen molar-refractivity contribution in [3.63, 3.8) is 0 Å². The van der Waals surface area contributed by atoms with Crippen molar-refractivity contribution < 1.29 is 39.2 Å². The van der Waals surface area contributed by atoms with Crippen LogP contribution < -0.4 is 10.1 Å². The molecule has 5 rings (SSSR count). The number of Topliss-reactive ketones (excluding diaryl/α,β-unsaturated/α-hetero) is 3. The monoisotopic (exact) mass is 503 g/mol. The molecule has 0 radical (unpaired) electrons. The van der Waals surface area contributed by atoms with Crippen LogP contribution in [0.5, 0.6) is 11.5 Å². The Kier molecular flexibility index (Phi) is 5.86. The second-order valence-corrected chi connectivity index (χ2v) is 9.59. The fourth-order valence-electron chi connectivity index (χ4n) is 5.89. The standard InChI is InChI=1S/C28H25NO8/c1-12(30)21-20(32)11-15-9-14-10-18-17(13-3-5-16(6-4-13)37-28(36)29-2)7-8-19(31)24(18)27(35)22(14)26(34)23(15)25(21)33/h3-8,14-15,23,31,33,35H,9-11H2,1-2H3,(H,29,36). The number of phenols is 1. The van der Waals surface area contributed by atoms with Crippen LogP contribution in [0.15, 0.2) is 53.3 Å². The maximum Gasteiger partial charge on any atom is 0.412 e. The van der Waals surface area contributed by atoms with E-state index < -0.39 is 47.0 Å². The smallest absolute Gasteiger partial charge is 0.412 e. The minimum absolute atomic E-state index is 0.0352. The van der Waals surface area contributed by atoms with Gasteiger partial charge < -0.3 is 25.4 Å². The molecule has 0 saturated heterocycles. The molecule has 4 N–H and O–H groups in total. The van der Waals surface area contributed by atoms with Gasteiger partial charge in [-0.25, -0.2) is 4.79 Å². The number of hydrogen-bond acceptors (Lipinski definition) is 8. The first-order chi connectivity index (χ1) is 17.6. The number of allylic oxidation sites excluding steroid dienone is 3. The summed E-state index contributed by atoms with van der Waals surface area (Å²) in [6.07, 6.45) is 0.0360. The van der Waals surface area contributed by atoms with Gasteiger partial charge in [0.15, 0.2) is 17.3 Å². The van der Waals surface area contributed by atoms with Gasteiger partial charge in [-0.1, -0.05) is 18.2 Å². The van der Waals surface area contributed by atoms with Gasteiger partial charge in [-0.15, -0.1) is 0 Å². The minimum Gasteiger partial charge on any atom is -0.511 e. The number of nitrogens with one attached hydrogen (secondary N) is 1. The molecule has 0 spiro atoms. The summed E-state index contributed by atoms with van der Waals surface area (Å²) in [5, 5.41) is 35.0. The average Bonchev–Trinajstić information content (AvgIpc) is 2.84. The Balaban J connectivity index is 1.58. The Hall–Kier alpha value is -4.40. The molecule has 3 unspecified atom stereocenters. The zero-order valence-corrected chi connectivity index (χ0v) is 20.2. The van der Waals surface area contributed by atoms with Gasteiger partial charge in [0, 0.05) is 19.0 Å². The van der Waals surface area contributed by atoms with Gasteiger partial charge in [-0.05, 0) is 66.5 Å². The van der Waals surface area contributed by atoms with E-state index in [1.807, 2.05) is 0 Å². The number of phenolic OH excluding ortho intramolecular Hbond substituents is 1. The number of hydrogen-bond donors (Lipinski definition) is 4. The number of aliphatic hydroxyl groups excluding tert-OH is 2. The zero-order chi connectivity index (χ0) is 26.6. The first-order valence-corrected chi connectivity index (χ1v) is 11.9. The van der Waals surface area contributed by atoms with Crippen molar-refractivity contribution in [1.29, 1.82) is 0 Å². The molecule has 9 nitrogen and oxygen atoms in total. The summed E-state index contributed by atoms with van der Waals surface area (Å²) < 4.78 is 5.13. The number of amides is 1. The van der Waals surface area contributed by atoms with E-state index in [9.17, 15) is 34.5 Å². The van der Waals surface area contributed by atoms with Gasteiger partial charge in [-0.2, -0.15) is 0 Å². The van der Waals surface area contributed by atoms with E-state index >= 15 is 0 Å². The Labute approximate surface area is 212 Å². The lowest BCUT2D eigenvalue weighted by Crippen LogP contribution is -2.43. The number of carbonyl (C=O) groups excluding carboxylic acids is 4. The van der Waals surface area contributed by atoms with Crippen molar-refractivity contribution in [2.24, 2.45) is 17.8 Å². The SMILES string of the molecule is CNC(=O)Oc1ccc(-c2ccc(O)c3c2CC2CC4CC(=O)C(C(C)=O)=C(O)C4C(=O)C2=C3O)cc1. The number of fused-ring (bicyclic) bond motifs is 3. The minimum atomic E-state index is -1.08. The summed E-state index contributed by atoms with van der Waals surface area (Å²) >= 11 is 0. The molecular weight excluding hydrogens is 478 g/mol. The first kappa shape index (κ1) is 24.3. The second kappa shape index (κ2) is 8.92. The lowest BCUT2D eigenvalue weighted by Gasteiger charge is -2.41. The van der Waals surface area contributed by atoms with Gasteiger partial charge in [0.2, 0.25) is 0 Å². The molecule has 1 amide bonds. The molecule has 37 heavy (non-hydrogen) atoms. The molecule has 2 aromatic rings. The third-order valence-corrected chi connectivity index (χ3v) is 7.46. The highest BCUT2D eigenvalue weighted by molar-refractivity contribution is 6.22. The molecule has 3 aliphatic carbocycles. The summed E-state index contributed by atoms with van der Waals surface area (Å²) in [4.78, 5) is 49.5. The van der Waals surface area contributed by atoms with Crippen molar-refractivity contribution in [1.82, 2.24) is 5.32 Å².